The number of rotatable bonds is 4. The van der Waals surface area contributed by atoms with E-state index in [0.29, 0.717) is 11.5 Å². The highest BCUT2D eigenvalue weighted by Gasteiger charge is 2.29. The fraction of sp³-hybridized carbons (Fsp3) is 0.444. The lowest BCUT2D eigenvalue weighted by atomic mass is 9.97. The van der Waals surface area contributed by atoms with Gasteiger partial charge in [0.05, 0.1) is 11.4 Å². The number of anilines is 1. The minimum atomic E-state index is -1.28. The summed E-state index contributed by atoms with van der Waals surface area (Å²) < 4.78 is 17.6. The maximum Gasteiger partial charge on any atom is 0.239 e. The zero-order chi connectivity index (χ0) is 17.3. The van der Waals surface area contributed by atoms with E-state index in [-0.39, 0.29) is 17.7 Å². The molecule has 1 aliphatic heterocycles. The molecule has 5 nitrogen and oxygen atoms in total. The molecule has 0 radical (unpaired) electrons. The standard InChI is InChI=1S/C18H22N2O3S/c1-12-8-9-15-6-4-5-7-17(15)20(12)18(21)11-24(22)10-16-13(2)19-23-14(16)3/h4-7,12H,8-11H2,1-3H3/t12-,24+/m1/s1. The van der Waals surface area contributed by atoms with E-state index in [4.69, 9.17) is 4.52 Å². The second-order valence-corrected chi connectivity index (χ2v) is 7.77. The Hall–Kier alpha value is -1.95. The SMILES string of the molecule is Cc1noc(C)c1C[S@](=O)CC(=O)N1c2ccccc2CC[C@H]1C. The maximum atomic E-state index is 12.8. The molecule has 0 N–H and O–H groups in total. The molecule has 2 atom stereocenters. The van der Waals surface area contributed by atoms with Crippen molar-refractivity contribution in [1.29, 1.82) is 0 Å². The van der Waals surface area contributed by atoms with E-state index < -0.39 is 10.8 Å². The molecule has 128 valence electrons. The van der Waals surface area contributed by atoms with Crippen LogP contribution in [0.25, 0.3) is 0 Å². The first-order chi connectivity index (χ1) is 11.5. The van der Waals surface area contributed by atoms with Crippen LogP contribution < -0.4 is 4.90 Å². The first kappa shape index (κ1) is 16.9. The molecular weight excluding hydrogens is 324 g/mol. The summed E-state index contributed by atoms with van der Waals surface area (Å²) in [5, 5.41) is 3.88. The highest BCUT2D eigenvalue weighted by molar-refractivity contribution is 7.85. The van der Waals surface area contributed by atoms with Crippen LogP contribution in [0.2, 0.25) is 0 Å². The van der Waals surface area contributed by atoms with Crippen molar-refractivity contribution in [2.45, 2.75) is 45.4 Å². The van der Waals surface area contributed by atoms with Gasteiger partial charge in [-0.25, -0.2) is 0 Å². The molecule has 0 spiro atoms. The fourth-order valence-corrected chi connectivity index (χ4v) is 4.45. The highest BCUT2D eigenvalue weighted by Crippen LogP contribution is 2.30. The molecule has 3 rings (SSSR count). The molecule has 1 aliphatic rings. The minimum Gasteiger partial charge on any atom is -0.361 e. The van der Waals surface area contributed by atoms with Crippen LogP contribution in [0, 0.1) is 13.8 Å². The Kier molecular flexibility index (Phi) is 4.85. The van der Waals surface area contributed by atoms with E-state index >= 15 is 0 Å². The first-order valence-electron chi connectivity index (χ1n) is 8.14. The highest BCUT2D eigenvalue weighted by atomic mass is 32.2. The van der Waals surface area contributed by atoms with Crippen molar-refractivity contribution >= 4 is 22.4 Å². The van der Waals surface area contributed by atoms with Gasteiger partial charge in [0.25, 0.3) is 0 Å². The lowest BCUT2D eigenvalue weighted by molar-refractivity contribution is -0.116. The summed E-state index contributed by atoms with van der Waals surface area (Å²) in [5.41, 5.74) is 3.72. The number of hydrogen-bond acceptors (Lipinski definition) is 4. The summed E-state index contributed by atoms with van der Waals surface area (Å²) in [6.45, 7) is 5.68. The van der Waals surface area contributed by atoms with E-state index in [1.807, 2.05) is 36.9 Å². The van der Waals surface area contributed by atoms with Crippen LogP contribution in [0.1, 0.15) is 35.9 Å². The second-order valence-electron chi connectivity index (χ2n) is 6.31. The second kappa shape index (κ2) is 6.89. The number of aryl methyl sites for hydroxylation is 3. The van der Waals surface area contributed by atoms with Gasteiger partial charge in [-0.15, -0.1) is 0 Å². The predicted octanol–water partition coefficient (Wildman–Crippen LogP) is 2.91. The third-order valence-electron chi connectivity index (χ3n) is 4.56. The van der Waals surface area contributed by atoms with Gasteiger partial charge in [0.1, 0.15) is 11.5 Å². The maximum absolute atomic E-state index is 12.8. The predicted molar refractivity (Wildman–Crippen MR) is 94.4 cm³/mol. The van der Waals surface area contributed by atoms with Gasteiger partial charge in [0, 0.05) is 28.1 Å². The van der Waals surface area contributed by atoms with Crippen LogP contribution in [0.4, 0.5) is 5.69 Å². The fourth-order valence-electron chi connectivity index (χ4n) is 3.20. The molecule has 0 unspecified atom stereocenters. The van der Waals surface area contributed by atoms with Crippen LogP contribution in [-0.2, 0) is 27.8 Å². The van der Waals surface area contributed by atoms with Gasteiger partial charge in [-0.05, 0) is 45.2 Å². The summed E-state index contributed by atoms with van der Waals surface area (Å²) >= 11 is 0. The number of aromatic nitrogens is 1. The van der Waals surface area contributed by atoms with E-state index in [0.717, 1.165) is 29.8 Å². The average molecular weight is 346 g/mol. The number of hydrogen-bond donors (Lipinski definition) is 0. The van der Waals surface area contributed by atoms with Crippen LogP contribution in [0.15, 0.2) is 28.8 Å². The monoisotopic (exact) mass is 346 g/mol. The topological polar surface area (TPSA) is 63.4 Å². The van der Waals surface area contributed by atoms with Crippen molar-refractivity contribution in [1.82, 2.24) is 5.16 Å². The van der Waals surface area contributed by atoms with E-state index in [9.17, 15) is 9.00 Å². The molecular formula is C18H22N2O3S. The molecule has 0 fully saturated rings. The van der Waals surface area contributed by atoms with Gasteiger partial charge in [-0.1, -0.05) is 23.4 Å². The average Bonchev–Trinajstić information content (AvgIpc) is 2.86. The van der Waals surface area contributed by atoms with Crippen molar-refractivity contribution in [3.8, 4) is 0 Å². The Morgan fingerprint density at radius 3 is 2.83 bits per heavy atom. The largest absolute Gasteiger partial charge is 0.361 e. The van der Waals surface area contributed by atoms with E-state index in [2.05, 4.69) is 11.2 Å². The van der Waals surface area contributed by atoms with Crippen molar-refractivity contribution in [3.63, 3.8) is 0 Å². The third-order valence-corrected chi connectivity index (χ3v) is 5.74. The zero-order valence-corrected chi connectivity index (χ0v) is 15.1. The van der Waals surface area contributed by atoms with Gasteiger partial charge in [0.15, 0.2) is 0 Å². The minimum absolute atomic E-state index is 0.0166. The van der Waals surface area contributed by atoms with E-state index in [1.54, 1.807) is 6.92 Å². The summed E-state index contributed by atoms with van der Waals surface area (Å²) in [5.74, 6) is 0.907. The number of amides is 1. The Morgan fingerprint density at radius 2 is 2.12 bits per heavy atom. The van der Waals surface area contributed by atoms with Crippen LogP contribution in [-0.4, -0.2) is 27.1 Å². The molecule has 1 amide bonds. The Labute approximate surface area is 144 Å². The number of benzene rings is 1. The van der Waals surface area contributed by atoms with E-state index in [1.165, 1.54) is 5.56 Å². The summed E-state index contributed by atoms with van der Waals surface area (Å²) in [6, 6.07) is 8.09. The van der Waals surface area contributed by atoms with Crippen LogP contribution in [0.3, 0.4) is 0 Å². The summed E-state index contributed by atoms with van der Waals surface area (Å²) in [7, 11) is -1.28. The molecule has 0 aliphatic carbocycles. The summed E-state index contributed by atoms with van der Waals surface area (Å²) in [6.07, 6.45) is 1.91. The van der Waals surface area contributed by atoms with Gasteiger partial charge in [-0.3, -0.25) is 9.00 Å². The van der Waals surface area contributed by atoms with Gasteiger partial charge < -0.3 is 9.42 Å². The molecule has 1 aromatic carbocycles. The van der Waals surface area contributed by atoms with Crippen LogP contribution in [0.5, 0.6) is 0 Å². The summed E-state index contributed by atoms with van der Waals surface area (Å²) in [4.78, 5) is 14.6. The number of para-hydroxylation sites is 1. The first-order valence-corrected chi connectivity index (χ1v) is 9.63. The van der Waals surface area contributed by atoms with Crippen molar-refractivity contribution in [2.24, 2.45) is 0 Å². The van der Waals surface area contributed by atoms with Gasteiger partial charge >= 0.3 is 0 Å². The Bertz CT molecular complexity index is 765. The molecule has 0 bridgehead atoms. The quantitative estimate of drug-likeness (QED) is 0.854. The number of carbonyl (C=O) groups excluding carboxylic acids is 1. The normalized spacial score (nSPS) is 18.3. The lowest BCUT2D eigenvalue weighted by Crippen LogP contribution is -2.44. The molecule has 1 aromatic heterocycles. The number of nitrogens with zero attached hydrogens (tertiary/aromatic N) is 2. The molecule has 2 heterocycles. The third kappa shape index (κ3) is 3.29. The van der Waals surface area contributed by atoms with Crippen molar-refractivity contribution in [3.05, 3.63) is 46.8 Å². The number of carbonyl (C=O) groups is 1. The molecule has 6 heteroatoms. The van der Waals surface area contributed by atoms with Crippen LogP contribution >= 0.6 is 0 Å². The molecule has 2 aromatic rings. The Balaban J connectivity index is 1.74. The number of fused-ring (bicyclic) bond motifs is 1. The van der Waals surface area contributed by atoms with Gasteiger partial charge in [0.2, 0.25) is 5.91 Å². The molecule has 0 saturated carbocycles. The molecule has 24 heavy (non-hydrogen) atoms. The lowest BCUT2D eigenvalue weighted by Gasteiger charge is -2.35. The van der Waals surface area contributed by atoms with Crippen molar-refractivity contribution in [2.75, 3.05) is 10.7 Å². The smallest absolute Gasteiger partial charge is 0.239 e. The zero-order valence-electron chi connectivity index (χ0n) is 14.2. The Morgan fingerprint density at radius 1 is 1.38 bits per heavy atom. The van der Waals surface area contributed by atoms with Gasteiger partial charge in [-0.2, -0.15) is 0 Å². The van der Waals surface area contributed by atoms with Crippen molar-refractivity contribution < 1.29 is 13.5 Å². The molecule has 0 saturated heterocycles.